The van der Waals surface area contributed by atoms with Gasteiger partial charge in [-0.3, -0.25) is 19.1 Å². The summed E-state index contributed by atoms with van der Waals surface area (Å²) in [4.78, 5) is 43.3. The van der Waals surface area contributed by atoms with Crippen LogP contribution in [0, 0.1) is 5.82 Å². The fourth-order valence-electron chi connectivity index (χ4n) is 5.17. The number of carbonyl (C=O) groups is 3. The quantitative estimate of drug-likeness (QED) is 0.230. The average molecular weight is 571 g/mol. The number of amides is 3. The van der Waals surface area contributed by atoms with E-state index in [-0.39, 0.29) is 36.3 Å². The molecule has 0 spiro atoms. The Morgan fingerprint density at radius 1 is 1.19 bits per heavy atom. The number of nitrogens with one attached hydrogen (secondary N) is 3. The summed E-state index contributed by atoms with van der Waals surface area (Å²) in [6.45, 7) is 7.76. The van der Waals surface area contributed by atoms with Crippen LogP contribution in [0.2, 0.25) is 0 Å². The molecule has 0 aliphatic carbocycles. The third-order valence-electron chi connectivity index (χ3n) is 7.17. The molecule has 3 heterocycles. The third-order valence-corrected chi connectivity index (χ3v) is 7.17. The topological polar surface area (TPSA) is 132 Å². The first kappa shape index (κ1) is 28.5. The molecule has 3 amide bonds. The molecule has 1 aliphatic rings. The van der Waals surface area contributed by atoms with Gasteiger partial charge in [0, 0.05) is 35.6 Å². The fraction of sp³-hybridized carbons (Fsp3) is 0.226. The summed E-state index contributed by atoms with van der Waals surface area (Å²) < 4.78 is 16.1. The van der Waals surface area contributed by atoms with E-state index in [4.69, 9.17) is 0 Å². The average Bonchev–Trinajstić information content (AvgIpc) is 3.63. The van der Waals surface area contributed by atoms with Crippen LogP contribution in [0.15, 0.2) is 73.4 Å². The Hall–Kier alpha value is -5.03. The molecule has 10 nitrogen and oxygen atoms in total. The van der Waals surface area contributed by atoms with E-state index in [2.05, 4.69) is 27.3 Å². The smallest absolute Gasteiger partial charge is 0.276 e. The van der Waals surface area contributed by atoms with Gasteiger partial charge in [0.1, 0.15) is 11.5 Å². The van der Waals surface area contributed by atoms with Gasteiger partial charge >= 0.3 is 0 Å². The first-order valence-electron chi connectivity index (χ1n) is 13.5. The van der Waals surface area contributed by atoms with Gasteiger partial charge in [-0.1, -0.05) is 31.7 Å². The Morgan fingerprint density at radius 3 is 2.71 bits per heavy atom. The van der Waals surface area contributed by atoms with Crippen molar-refractivity contribution in [1.82, 2.24) is 19.7 Å². The molecule has 5 rings (SSSR count). The van der Waals surface area contributed by atoms with Crippen LogP contribution in [-0.2, 0) is 17.9 Å². The normalized spacial score (nSPS) is 15.0. The Labute approximate surface area is 241 Å². The Morgan fingerprint density at radius 2 is 2.00 bits per heavy atom. The molecule has 0 radical (unpaired) electrons. The number of halogens is 1. The second kappa shape index (κ2) is 11.8. The largest absolute Gasteiger partial charge is 0.389 e. The maximum atomic E-state index is 14.4. The number of anilines is 2. The molecule has 0 saturated heterocycles. The molecule has 4 N–H and O–H groups in total. The first-order chi connectivity index (χ1) is 20.1. The van der Waals surface area contributed by atoms with Crippen molar-refractivity contribution in [2.24, 2.45) is 0 Å². The number of nitrogens with zero attached hydrogens (tertiary/aromatic N) is 3. The van der Waals surface area contributed by atoms with Crippen molar-refractivity contribution >= 4 is 29.1 Å². The SMILES string of the molecule is C=CC(=O)Nc1cc(Cn2nc(C(=O)Nc3cccc(C(C)O)c3)c3c2C(C)CN(C(=O)c2ccc[nH]2)C3)ccc1F. The number of aromatic amines is 1. The molecule has 1 aliphatic heterocycles. The minimum Gasteiger partial charge on any atom is -0.389 e. The molecule has 42 heavy (non-hydrogen) atoms. The summed E-state index contributed by atoms with van der Waals surface area (Å²) in [6.07, 6.45) is 2.03. The predicted octanol–water partition coefficient (Wildman–Crippen LogP) is 4.59. The van der Waals surface area contributed by atoms with Gasteiger partial charge in [0.2, 0.25) is 5.91 Å². The van der Waals surface area contributed by atoms with E-state index in [1.165, 1.54) is 12.1 Å². The molecule has 216 valence electrons. The van der Waals surface area contributed by atoms with Gasteiger partial charge in [-0.05, 0) is 60.5 Å². The van der Waals surface area contributed by atoms with Crippen molar-refractivity contribution in [2.45, 2.75) is 39.0 Å². The highest BCUT2D eigenvalue weighted by atomic mass is 19.1. The standard InChI is InChI=1S/C31H31FN6O4/c1-4-27(40)35-26-13-20(10-11-24(26)32)16-38-29-18(2)15-37(31(42)25-9-6-12-33-25)17-23(29)28(36-38)30(41)34-22-8-5-7-21(14-22)19(3)39/h4-14,18-19,33,39H,1,15-17H2,2-3H3,(H,34,41)(H,35,40). The number of rotatable bonds is 8. The maximum absolute atomic E-state index is 14.4. The second-order valence-electron chi connectivity index (χ2n) is 10.3. The molecule has 2 aromatic carbocycles. The summed E-state index contributed by atoms with van der Waals surface area (Å²) >= 11 is 0. The highest BCUT2D eigenvalue weighted by molar-refractivity contribution is 6.04. The van der Waals surface area contributed by atoms with Crippen molar-refractivity contribution in [2.75, 3.05) is 17.2 Å². The van der Waals surface area contributed by atoms with Crippen LogP contribution < -0.4 is 10.6 Å². The van der Waals surface area contributed by atoms with Gasteiger partial charge in [-0.15, -0.1) is 0 Å². The summed E-state index contributed by atoms with van der Waals surface area (Å²) in [6, 6.07) is 14.7. The summed E-state index contributed by atoms with van der Waals surface area (Å²) in [5, 5.41) is 20.0. The molecule has 2 atom stereocenters. The van der Waals surface area contributed by atoms with E-state index in [9.17, 15) is 23.9 Å². The van der Waals surface area contributed by atoms with Crippen molar-refractivity contribution in [3.05, 3.63) is 113 Å². The maximum Gasteiger partial charge on any atom is 0.276 e. The minimum atomic E-state index is -0.709. The lowest BCUT2D eigenvalue weighted by atomic mass is 9.95. The number of hydrogen-bond donors (Lipinski definition) is 4. The number of H-pyrrole nitrogens is 1. The molecule has 0 bridgehead atoms. The Bertz CT molecular complexity index is 1660. The molecule has 4 aromatic rings. The van der Waals surface area contributed by atoms with Gasteiger partial charge in [0.05, 0.1) is 24.9 Å². The van der Waals surface area contributed by atoms with Crippen LogP contribution in [0.25, 0.3) is 0 Å². The number of aromatic nitrogens is 3. The van der Waals surface area contributed by atoms with E-state index < -0.39 is 23.7 Å². The lowest BCUT2D eigenvalue weighted by molar-refractivity contribution is -0.111. The van der Waals surface area contributed by atoms with Gasteiger partial charge in [0.25, 0.3) is 11.8 Å². The first-order valence-corrected chi connectivity index (χ1v) is 13.5. The summed E-state index contributed by atoms with van der Waals surface area (Å²) in [7, 11) is 0. The van der Waals surface area contributed by atoms with E-state index in [1.54, 1.807) is 65.2 Å². The van der Waals surface area contributed by atoms with Crippen molar-refractivity contribution < 1.29 is 23.9 Å². The van der Waals surface area contributed by atoms with Crippen LogP contribution in [0.4, 0.5) is 15.8 Å². The zero-order valence-electron chi connectivity index (χ0n) is 23.2. The molecule has 2 unspecified atom stereocenters. The number of aliphatic hydroxyl groups is 1. The number of carbonyl (C=O) groups excluding carboxylic acids is 3. The molecular formula is C31H31FN6O4. The lowest BCUT2D eigenvalue weighted by Gasteiger charge is -2.32. The fourth-order valence-corrected chi connectivity index (χ4v) is 5.17. The second-order valence-corrected chi connectivity index (χ2v) is 10.3. The summed E-state index contributed by atoms with van der Waals surface area (Å²) in [5.74, 6) is -1.97. The zero-order chi connectivity index (χ0) is 30.0. The third kappa shape index (κ3) is 5.86. The molecule has 2 aromatic heterocycles. The van der Waals surface area contributed by atoms with Crippen molar-refractivity contribution in [1.29, 1.82) is 0 Å². The lowest BCUT2D eigenvalue weighted by Crippen LogP contribution is -2.38. The number of aliphatic hydroxyl groups excluding tert-OH is 1. The van der Waals surface area contributed by atoms with E-state index in [1.807, 2.05) is 6.92 Å². The van der Waals surface area contributed by atoms with Crippen molar-refractivity contribution in [3.8, 4) is 0 Å². The van der Waals surface area contributed by atoms with Gasteiger partial charge in [-0.2, -0.15) is 5.10 Å². The summed E-state index contributed by atoms with van der Waals surface area (Å²) in [5.41, 5.74) is 3.79. The van der Waals surface area contributed by atoms with Crippen LogP contribution in [0.5, 0.6) is 0 Å². The van der Waals surface area contributed by atoms with Gasteiger partial charge < -0.3 is 25.6 Å². The monoisotopic (exact) mass is 570 g/mol. The van der Waals surface area contributed by atoms with E-state index in [0.29, 0.717) is 34.6 Å². The number of fused-ring (bicyclic) bond motifs is 1. The zero-order valence-corrected chi connectivity index (χ0v) is 23.2. The van der Waals surface area contributed by atoms with Crippen molar-refractivity contribution in [3.63, 3.8) is 0 Å². The number of hydrogen-bond acceptors (Lipinski definition) is 5. The Balaban J connectivity index is 1.52. The molecule has 11 heteroatoms. The van der Waals surface area contributed by atoms with E-state index >= 15 is 0 Å². The predicted molar refractivity (Wildman–Crippen MR) is 156 cm³/mol. The minimum absolute atomic E-state index is 0.00477. The van der Waals surface area contributed by atoms with Crippen LogP contribution >= 0.6 is 0 Å². The molecular weight excluding hydrogens is 539 g/mol. The number of benzene rings is 2. The molecule has 0 saturated carbocycles. The van der Waals surface area contributed by atoms with Gasteiger partial charge in [0.15, 0.2) is 5.69 Å². The Kier molecular flexibility index (Phi) is 8.03. The van der Waals surface area contributed by atoms with Crippen LogP contribution in [0.1, 0.15) is 69.2 Å². The van der Waals surface area contributed by atoms with Gasteiger partial charge in [-0.25, -0.2) is 4.39 Å². The highest BCUT2D eigenvalue weighted by Crippen LogP contribution is 2.33. The van der Waals surface area contributed by atoms with Crippen LogP contribution in [-0.4, -0.2) is 49.0 Å². The highest BCUT2D eigenvalue weighted by Gasteiger charge is 2.34. The van der Waals surface area contributed by atoms with Crippen LogP contribution in [0.3, 0.4) is 0 Å². The molecule has 0 fully saturated rings. The van der Waals surface area contributed by atoms with E-state index in [0.717, 1.165) is 11.8 Å².